The zero-order valence-electron chi connectivity index (χ0n) is 17.8. The fraction of sp³-hybridized carbons (Fsp3) is 0.560. The molecule has 2 heterocycles. The van der Waals surface area contributed by atoms with Gasteiger partial charge in [0.1, 0.15) is 17.8 Å². The largest absolute Gasteiger partial charge is 0.508 e. The summed E-state index contributed by atoms with van der Waals surface area (Å²) in [6.07, 6.45) is 8.68. The highest BCUT2D eigenvalue weighted by molar-refractivity contribution is 5.84. The summed E-state index contributed by atoms with van der Waals surface area (Å²) in [6.45, 7) is 8.47. The van der Waals surface area contributed by atoms with Crippen LogP contribution in [0.15, 0.2) is 36.5 Å². The van der Waals surface area contributed by atoms with E-state index in [2.05, 4.69) is 23.8 Å². The van der Waals surface area contributed by atoms with Crippen LogP contribution in [0.25, 0.3) is 10.9 Å². The summed E-state index contributed by atoms with van der Waals surface area (Å²) in [5.41, 5.74) is 3.90. The van der Waals surface area contributed by atoms with Gasteiger partial charge in [-0.2, -0.15) is 0 Å². The average molecular weight is 410 g/mol. The van der Waals surface area contributed by atoms with Crippen LogP contribution < -0.4 is 5.32 Å². The number of nitrogens with one attached hydrogen (secondary N) is 1. The van der Waals surface area contributed by atoms with Crippen LogP contribution in [0.1, 0.15) is 44.6 Å². The number of aromatic hydroxyl groups is 1. The van der Waals surface area contributed by atoms with Crippen molar-refractivity contribution in [3.8, 4) is 5.75 Å². The second kappa shape index (κ2) is 7.45. The normalized spacial score (nSPS) is 33.4. The minimum Gasteiger partial charge on any atom is -0.508 e. The molecule has 0 amide bonds. The lowest BCUT2D eigenvalue weighted by Crippen LogP contribution is -2.86. The van der Waals surface area contributed by atoms with E-state index in [1.807, 2.05) is 18.3 Å². The minimum atomic E-state index is 0.00119. The predicted octanol–water partition coefficient (Wildman–Crippen LogP) is 3.29. The SMILES string of the molecule is C=C1CCC[C@]2(C)C[C@H]3OC(=O)[C@@H](C[NH2+]CCc4c[nH]c5ccc(O)cc45)[C@H]3C[C@@H]12. The van der Waals surface area contributed by atoms with Gasteiger partial charge >= 0.3 is 5.97 Å². The van der Waals surface area contributed by atoms with Crippen molar-refractivity contribution in [2.75, 3.05) is 13.1 Å². The molecule has 0 spiro atoms. The Balaban J connectivity index is 1.21. The molecule has 30 heavy (non-hydrogen) atoms. The van der Waals surface area contributed by atoms with Crippen LogP contribution >= 0.6 is 0 Å². The summed E-state index contributed by atoms with van der Waals surface area (Å²) in [7, 11) is 0. The summed E-state index contributed by atoms with van der Waals surface area (Å²) in [5.74, 6) is 1.18. The summed E-state index contributed by atoms with van der Waals surface area (Å²) in [5, 5.41) is 13.1. The first-order valence-corrected chi connectivity index (χ1v) is 11.4. The number of hydrogen-bond donors (Lipinski definition) is 3. The Morgan fingerprint density at radius 1 is 1.40 bits per heavy atom. The number of fused-ring (bicyclic) bond motifs is 3. The highest BCUT2D eigenvalue weighted by atomic mass is 16.6. The van der Waals surface area contributed by atoms with Crippen LogP contribution in [0, 0.1) is 23.2 Å². The van der Waals surface area contributed by atoms with Gasteiger partial charge in [0.05, 0.1) is 13.1 Å². The number of nitrogens with two attached hydrogens (primary N) is 1. The first kappa shape index (κ1) is 19.7. The Kier molecular flexibility index (Phi) is 4.89. The number of phenols is 1. The third-order valence-electron chi connectivity index (χ3n) is 8.11. The maximum absolute atomic E-state index is 12.7. The lowest BCUT2D eigenvalue weighted by molar-refractivity contribution is -0.658. The number of esters is 1. The smallest absolute Gasteiger partial charge is 0.315 e. The van der Waals surface area contributed by atoms with Crippen molar-refractivity contribution in [1.82, 2.24) is 4.98 Å². The van der Waals surface area contributed by atoms with Gasteiger partial charge in [-0.15, -0.1) is 0 Å². The third-order valence-corrected chi connectivity index (χ3v) is 8.11. The molecule has 4 N–H and O–H groups in total. The molecule has 0 unspecified atom stereocenters. The van der Waals surface area contributed by atoms with E-state index in [9.17, 15) is 9.90 Å². The summed E-state index contributed by atoms with van der Waals surface area (Å²) in [4.78, 5) is 15.9. The second-order valence-corrected chi connectivity index (χ2v) is 10.0. The minimum absolute atomic E-state index is 0.00119. The molecule has 0 bridgehead atoms. The number of aromatic amines is 1. The molecule has 0 radical (unpaired) electrons. The summed E-state index contributed by atoms with van der Waals surface area (Å²) >= 11 is 0. The van der Waals surface area contributed by atoms with Crippen LogP contribution in [-0.4, -0.2) is 35.3 Å². The lowest BCUT2D eigenvalue weighted by Gasteiger charge is -2.49. The van der Waals surface area contributed by atoms with Crippen LogP contribution in [0.5, 0.6) is 5.75 Å². The third kappa shape index (κ3) is 3.33. The molecule has 2 aromatic rings. The standard InChI is InChI=1S/C25H32N2O3/c1-15-4-3-8-25(2)12-23-19(11-21(15)25)20(24(29)30-23)14-26-9-7-16-13-27-22-6-5-17(28)10-18(16)22/h5-6,10,13,19-21,23,26-28H,1,3-4,7-9,11-12,14H2,2H3/p+1/t19-,20+,21+,23-,25-/m1/s1. The number of benzene rings is 1. The zero-order valence-corrected chi connectivity index (χ0v) is 17.8. The fourth-order valence-electron chi connectivity index (χ4n) is 6.45. The van der Waals surface area contributed by atoms with Gasteiger partial charge in [0.25, 0.3) is 0 Å². The number of carbonyl (C=O) groups is 1. The summed E-state index contributed by atoms with van der Waals surface area (Å²) in [6, 6.07) is 5.42. The quantitative estimate of drug-likeness (QED) is 0.403. The fourth-order valence-corrected chi connectivity index (χ4v) is 6.45. The predicted molar refractivity (Wildman–Crippen MR) is 116 cm³/mol. The van der Waals surface area contributed by atoms with Crippen molar-refractivity contribution < 1.29 is 20.0 Å². The molecule has 5 nitrogen and oxygen atoms in total. The Labute approximate surface area is 177 Å². The van der Waals surface area contributed by atoms with Gasteiger partial charge in [0, 0.05) is 29.4 Å². The second-order valence-electron chi connectivity index (χ2n) is 10.0. The number of H-pyrrole nitrogens is 1. The monoisotopic (exact) mass is 409 g/mol. The molecule has 1 saturated heterocycles. The first-order chi connectivity index (χ1) is 14.4. The molecule has 1 aromatic heterocycles. The van der Waals surface area contributed by atoms with Crippen molar-refractivity contribution in [3.05, 3.63) is 42.1 Å². The van der Waals surface area contributed by atoms with E-state index >= 15 is 0 Å². The van der Waals surface area contributed by atoms with Crippen molar-refractivity contribution in [3.63, 3.8) is 0 Å². The van der Waals surface area contributed by atoms with Gasteiger partial charge in [-0.1, -0.05) is 19.1 Å². The van der Waals surface area contributed by atoms with E-state index in [1.165, 1.54) is 24.0 Å². The van der Waals surface area contributed by atoms with Gasteiger partial charge in [-0.25, -0.2) is 0 Å². The van der Waals surface area contributed by atoms with Gasteiger partial charge in [-0.3, -0.25) is 4.79 Å². The van der Waals surface area contributed by atoms with Crippen molar-refractivity contribution in [2.45, 2.75) is 51.6 Å². The molecule has 3 fully saturated rings. The Hall–Kier alpha value is -2.27. The number of quaternary nitrogens is 1. The van der Waals surface area contributed by atoms with Gasteiger partial charge < -0.3 is 20.1 Å². The van der Waals surface area contributed by atoms with Crippen LogP contribution in [0.4, 0.5) is 0 Å². The maximum Gasteiger partial charge on any atom is 0.315 e. The molecular weight excluding hydrogens is 376 g/mol. The zero-order chi connectivity index (χ0) is 20.9. The Morgan fingerprint density at radius 2 is 2.27 bits per heavy atom. The molecule has 2 saturated carbocycles. The molecule has 5 heteroatoms. The first-order valence-electron chi connectivity index (χ1n) is 11.4. The maximum atomic E-state index is 12.7. The van der Waals surface area contributed by atoms with Crippen molar-refractivity contribution >= 4 is 16.9 Å². The van der Waals surface area contributed by atoms with Gasteiger partial charge in [0.15, 0.2) is 0 Å². The van der Waals surface area contributed by atoms with E-state index < -0.39 is 0 Å². The molecule has 3 aliphatic rings. The van der Waals surface area contributed by atoms with Gasteiger partial charge in [0.2, 0.25) is 0 Å². The van der Waals surface area contributed by atoms with E-state index in [-0.39, 0.29) is 23.4 Å². The van der Waals surface area contributed by atoms with E-state index in [0.29, 0.717) is 17.6 Å². The van der Waals surface area contributed by atoms with Crippen LogP contribution in [0.2, 0.25) is 0 Å². The van der Waals surface area contributed by atoms with Crippen molar-refractivity contribution in [2.24, 2.45) is 23.2 Å². The van der Waals surface area contributed by atoms with E-state index in [0.717, 1.165) is 49.7 Å². The van der Waals surface area contributed by atoms with E-state index in [4.69, 9.17) is 4.74 Å². The van der Waals surface area contributed by atoms with Crippen LogP contribution in [-0.2, 0) is 16.0 Å². The number of phenolic OH excluding ortho intramolecular Hbond substituents is 1. The molecule has 160 valence electrons. The average Bonchev–Trinajstić information content (AvgIpc) is 3.23. The number of allylic oxidation sites excluding steroid dienone is 1. The number of carbonyl (C=O) groups excluding carboxylic acids is 1. The molecular formula is C25H33N2O3+. The number of hydrogen-bond acceptors (Lipinski definition) is 3. The number of rotatable bonds is 5. The topological polar surface area (TPSA) is 78.9 Å². The molecule has 5 atom stereocenters. The van der Waals surface area contributed by atoms with Crippen molar-refractivity contribution in [1.29, 1.82) is 0 Å². The Morgan fingerprint density at radius 3 is 3.13 bits per heavy atom. The van der Waals surface area contributed by atoms with Gasteiger partial charge in [-0.05, 0) is 67.2 Å². The highest BCUT2D eigenvalue weighted by Crippen LogP contribution is 2.56. The Bertz CT molecular complexity index is 980. The molecule has 2 aliphatic carbocycles. The highest BCUT2D eigenvalue weighted by Gasteiger charge is 2.55. The molecule has 1 aromatic carbocycles. The summed E-state index contributed by atoms with van der Waals surface area (Å²) < 4.78 is 5.88. The number of aromatic nitrogens is 1. The molecule has 5 rings (SSSR count). The van der Waals surface area contributed by atoms with Crippen LogP contribution in [0.3, 0.4) is 0 Å². The van der Waals surface area contributed by atoms with E-state index in [1.54, 1.807) is 6.07 Å². The number of ether oxygens (including phenoxy) is 1. The molecule has 1 aliphatic heterocycles. The lowest BCUT2D eigenvalue weighted by atomic mass is 9.55.